The van der Waals surface area contributed by atoms with Crippen molar-refractivity contribution in [1.82, 2.24) is 0 Å². The van der Waals surface area contributed by atoms with Crippen LogP contribution in [0.2, 0.25) is 0 Å². The number of methoxy groups -OCH3 is 2. The average molecular weight is 435 g/mol. The second-order valence-electron chi connectivity index (χ2n) is 6.53. The Morgan fingerprint density at radius 2 is 1.03 bits per heavy atom. The van der Waals surface area contributed by atoms with E-state index in [1.54, 1.807) is 0 Å². The topological polar surface area (TPSA) is 52.6 Å². The molecule has 0 spiro atoms. The Morgan fingerprint density at radius 3 is 1.43 bits per heavy atom. The van der Waals surface area contributed by atoms with Crippen molar-refractivity contribution in [2.75, 3.05) is 14.2 Å². The SMILES string of the molecule is COC(=O)c1cc(SSc2cc(C(=O)OC)c3ccccc3c2)cc2ccccc12. The second kappa shape index (κ2) is 8.81. The molecule has 30 heavy (non-hydrogen) atoms. The van der Waals surface area contributed by atoms with Crippen molar-refractivity contribution in [1.29, 1.82) is 0 Å². The Morgan fingerprint density at radius 1 is 0.633 bits per heavy atom. The number of fused-ring (bicyclic) bond motifs is 2. The van der Waals surface area contributed by atoms with E-state index in [0.29, 0.717) is 11.1 Å². The van der Waals surface area contributed by atoms with Crippen molar-refractivity contribution in [3.05, 3.63) is 83.9 Å². The number of carbonyl (C=O) groups is 2. The first-order chi connectivity index (χ1) is 14.6. The third-order valence-corrected chi connectivity index (χ3v) is 7.06. The van der Waals surface area contributed by atoms with Crippen molar-refractivity contribution in [3.8, 4) is 0 Å². The number of hydrogen-bond acceptors (Lipinski definition) is 6. The molecule has 0 N–H and O–H groups in total. The smallest absolute Gasteiger partial charge is 0.338 e. The van der Waals surface area contributed by atoms with E-state index in [9.17, 15) is 9.59 Å². The zero-order chi connectivity index (χ0) is 21.1. The van der Waals surface area contributed by atoms with Crippen molar-refractivity contribution in [2.45, 2.75) is 9.79 Å². The molecule has 4 aromatic rings. The van der Waals surface area contributed by atoms with Gasteiger partial charge in [-0.2, -0.15) is 0 Å². The fraction of sp³-hybridized carbons (Fsp3) is 0.0833. The minimum Gasteiger partial charge on any atom is -0.465 e. The molecule has 0 heterocycles. The Balaban J connectivity index is 1.70. The number of benzene rings is 4. The van der Waals surface area contributed by atoms with E-state index < -0.39 is 0 Å². The van der Waals surface area contributed by atoms with Gasteiger partial charge in [-0.05, 0) is 45.8 Å². The first-order valence-electron chi connectivity index (χ1n) is 9.17. The van der Waals surface area contributed by atoms with Gasteiger partial charge >= 0.3 is 11.9 Å². The second-order valence-corrected chi connectivity index (χ2v) is 8.81. The molecule has 0 saturated carbocycles. The molecule has 0 aromatic heterocycles. The fourth-order valence-electron chi connectivity index (χ4n) is 3.32. The van der Waals surface area contributed by atoms with Crippen LogP contribution in [0.3, 0.4) is 0 Å². The van der Waals surface area contributed by atoms with Crippen LogP contribution in [0, 0.1) is 0 Å². The quantitative estimate of drug-likeness (QED) is 0.269. The molecule has 4 rings (SSSR count). The summed E-state index contributed by atoms with van der Waals surface area (Å²) < 4.78 is 9.92. The summed E-state index contributed by atoms with van der Waals surface area (Å²) >= 11 is 0. The van der Waals surface area contributed by atoms with Crippen LogP contribution in [0.5, 0.6) is 0 Å². The van der Waals surface area contributed by atoms with Gasteiger partial charge in [0.05, 0.1) is 25.3 Å². The van der Waals surface area contributed by atoms with E-state index in [0.717, 1.165) is 31.3 Å². The van der Waals surface area contributed by atoms with Gasteiger partial charge in [0.25, 0.3) is 0 Å². The Kier molecular flexibility index (Phi) is 5.97. The lowest BCUT2D eigenvalue weighted by atomic mass is 10.0. The summed E-state index contributed by atoms with van der Waals surface area (Å²) in [6.45, 7) is 0. The molecule has 0 fully saturated rings. The summed E-state index contributed by atoms with van der Waals surface area (Å²) in [6, 6.07) is 23.2. The summed E-state index contributed by atoms with van der Waals surface area (Å²) in [5, 5.41) is 3.66. The zero-order valence-corrected chi connectivity index (χ0v) is 18.0. The summed E-state index contributed by atoms with van der Waals surface area (Å²) in [6.07, 6.45) is 0. The highest BCUT2D eigenvalue weighted by Gasteiger charge is 2.15. The van der Waals surface area contributed by atoms with Crippen LogP contribution >= 0.6 is 21.6 Å². The van der Waals surface area contributed by atoms with Crippen LogP contribution in [0.1, 0.15) is 20.7 Å². The number of rotatable bonds is 5. The van der Waals surface area contributed by atoms with Gasteiger partial charge in [-0.15, -0.1) is 0 Å². The van der Waals surface area contributed by atoms with Crippen LogP contribution in [0.4, 0.5) is 0 Å². The fourth-order valence-corrected chi connectivity index (χ4v) is 5.35. The van der Waals surface area contributed by atoms with Crippen molar-refractivity contribution >= 4 is 55.1 Å². The van der Waals surface area contributed by atoms with E-state index in [1.165, 1.54) is 35.8 Å². The minimum atomic E-state index is -0.364. The Hall–Kier alpha value is -2.96. The summed E-state index contributed by atoms with van der Waals surface area (Å²) in [4.78, 5) is 26.4. The Labute approximate surface area is 182 Å². The third kappa shape index (κ3) is 4.01. The molecule has 0 bridgehead atoms. The lowest BCUT2D eigenvalue weighted by molar-refractivity contribution is 0.0593. The number of esters is 2. The van der Waals surface area contributed by atoms with Gasteiger partial charge in [0.15, 0.2) is 0 Å². The van der Waals surface area contributed by atoms with Gasteiger partial charge in [0, 0.05) is 9.79 Å². The van der Waals surface area contributed by atoms with E-state index in [2.05, 4.69) is 0 Å². The summed E-state index contributed by atoms with van der Waals surface area (Å²) in [5.41, 5.74) is 1.07. The number of ether oxygens (including phenoxy) is 2. The van der Waals surface area contributed by atoms with Crippen LogP contribution in [-0.4, -0.2) is 26.2 Å². The van der Waals surface area contributed by atoms with E-state index in [4.69, 9.17) is 9.47 Å². The van der Waals surface area contributed by atoms with Crippen molar-refractivity contribution < 1.29 is 19.1 Å². The van der Waals surface area contributed by atoms with Crippen LogP contribution in [-0.2, 0) is 9.47 Å². The largest absolute Gasteiger partial charge is 0.465 e. The Bertz CT molecular complexity index is 1170. The standard InChI is InChI=1S/C24H18O4S2/c1-27-23(25)21-13-17(11-15-7-3-5-9-19(15)21)29-30-18-12-16-8-4-6-10-20(16)22(14-18)24(26)28-2/h3-14H,1-2H3. The highest BCUT2D eigenvalue weighted by atomic mass is 33.1. The lowest BCUT2D eigenvalue weighted by Gasteiger charge is -2.10. The molecule has 4 aromatic carbocycles. The van der Waals surface area contributed by atoms with E-state index in [-0.39, 0.29) is 11.9 Å². The maximum Gasteiger partial charge on any atom is 0.338 e. The first-order valence-corrected chi connectivity index (χ1v) is 11.3. The maximum absolute atomic E-state index is 12.3. The predicted molar refractivity (Wildman–Crippen MR) is 122 cm³/mol. The van der Waals surface area contributed by atoms with E-state index in [1.807, 2.05) is 72.8 Å². The number of hydrogen-bond donors (Lipinski definition) is 0. The molecule has 0 atom stereocenters. The summed E-state index contributed by atoms with van der Waals surface area (Å²) in [5.74, 6) is -0.727. The van der Waals surface area contributed by atoms with Crippen molar-refractivity contribution in [2.24, 2.45) is 0 Å². The highest BCUT2D eigenvalue weighted by molar-refractivity contribution is 8.76. The van der Waals surface area contributed by atoms with Crippen LogP contribution < -0.4 is 0 Å². The molecule has 0 aliphatic heterocycles. The molecule has 150 valence electrons. The lowest BCUT2D eigenvalue weighted by Crippen LogP contribution is -2.02. The van der Waals surface area contributed by atoms with Gasteiger partial charge in [0.2, 0.25) is 0 Å². The molecule has 0 saturated heterocycles. The summed E-state index contributed by atoms with van der Waals surface area (Å²) in [7, 11) is 5.82. The first kappa shape index (κ1) is 20.3. The molecule has 4 nitrogen and oxygen atoms in total. The minimum absolute atomic E-state index is 0.364. The van der Waals surface area contributed by atoms with Crippen molar-refractivity contribution in [3.63, 3.8) is 0 Å². The monoisotopic (exact) mass is 434 g/mol. The molecular formula is C24H18O4S2. The van der Waals surface area contributed by atoms with Crippen LogP contribution in [0.15, 0.2) is 82.6 Å². The molecule has 0 unspecified atom stereocenters. The highest BCUT2D eigenvalue weighted by Crippen LogP contribution is 2.41. The molecule has 0 aliphatic carbocycles. The molecule has 0 radical (unpaired) electrons. The van der Waals surface area contributed by atoms with Crippen LogP contribution in [0.25, 0.3) is 21.5 Å². The van der Waals surface area contributed by atoms with Gasteiger partial charge in [-0.1, -0.05) is 70.1 Å². The molecular weight excluding hydrogens is 416 g/mol. The van der Waals surface area contributed by atoms with E-state index >= 15 is 0 Å². The van der Waals surface area contributed by atoms with Gasteiger partial charge < -0.3 is 9.47 Å². The maximum atomic E-state index is 12.3. The molecule has 0 aliphatic rings. The van der Waals surface area contributed by atoms with Gasteiger partial charge in [-0.25, -0.2) is 9.59 Å². The predicted octanol–water partition coefficient (Wildman–Crippen LogP) is 6.37. The average Bonchev–Trinajstić information content (AvgIpc) is 2.80. The third-order valence-electron chi connectivity index (χ3n) is 4.72. The normalized spacial score (nSPS) is 10.9. The molecule has 0 amide bonds. The van der Waals surface area contributed by atoms with Gasteiger partial charge in [0.1, 0.15) is 0 Å². The van der Waals surface area contributed by atoms with Gasteiger partial charge in [-0.3, -0.25) is 0 Å². The zero-order valence-electron chi connectivity index (χ0n) is 16.4. The molecule has 6 heteroatoms. The number of carbonyl (C=O) groups excluding carboxylic acids is 2.